The van der Waals surface area contributed by atoms with Crippen molar-refractivity contribution in [3.8, 4) is 0 Å². The van der Waals surface area contributed by atoms with Crippen molar-refractivity contribution in [2.24, 2.45) is 0 Å². The first-order chi connectivity index (χ1) is 10.7. The van der Waals surface area contributed by atoms with Gasteiger partial charge in [0.1, 0.15) is 0 Å². The van der Waals surface area contributed by atoms with Crippen LogP contribution in [0.1, 0.15) is 79.6 Å². The maximum atomic E-state index is 6.68. The molecule has 0 bridgehead atoms. The van der Waals surface area contributed by atoms with Crippen LogP contribution in [0.4, 0.5) is 0 Å². The van der Waals surface area contributed by atoms with Crippen LogP contribution in [0.25, 0.3) is 0 Å². The Balaban J connectivity index is 4.96. The third kappa shape index (κ3) is 9.60. The molecular weight excluding hydrogens is 288 g/mol. The standard InChI is InChI=1S/C19H38O2Si/c1-6-11-15-19(14-9-4,16-12-7-2)21-22(18-10-5)20-17-13-8-3/h6-7,11-12,22H,8-10,13-18H2,1-5H3. The first-order valence-electron chi connectivity index (χ1n) is 9.19. The molecule has 0 saturated heterocycles. The lowest BCUT2D eigenvalue weighted by Crippen LogP contribution is -2.40. The van der Waals surface area contributed by atoms with E-state index in [-0.39, 0.29) is 5.60 Å². The van der Waals surface area contributed by atoms with E-state index in [0.717, 1.165) is 51.2 Å². The minimum absolute atomic E-state index is 0.0634. The molecule has 0 N–H and O–H groups in total. The Bertz CT molecular complexity index is 286. The van der Waals surface area contributed by atoms with Crippen molar-refractivity contribution in [2.45, 2.75) is 91.2 Å². The molecule has 0 aromatic heterocycles. The van der Waals surface area contributed by atoms with Crippen LogP contribution in [0.5, 0.6) is 0 Å². The Kier molecular flexibility index (Phi) is 14.0. The molecule has 3 heteroatoms. The molecule has 0 amide bonds. The van der Waals surface area contributed by atoms with Gasteiger partial charge in [-0.2, -0.15) is 0 Å². The molecular formula is C19H38O2Si. The second-order valence-electron chi connectivity index (χ2n) is 6.04. The molecule has 0 spiro atoms. The lowest BCUT2D eigenvalue weighted by Gasteiger charge is -2.36. The van der Waals surface area contributed by atoms with Gasteiger partial charge in [-0.15, -0.1) is 0 Å². The molecule has 0 aliphatic rings. The van der Waals surface area contributed by atoms with Gasteiger partial charge in [-0.1, -0.05) is 64.3 Å². The molecule has 0 saturated carbocycles. The van der Waals surface area contributed by atoms with Gasteiger partial charge in [0.25, 0.3) is 0 Å². The van der Waals surface area contributed by atoms with Crippen molar-refractivity contribution in [1.29, 1.82) is 0 Å². The van der Waals surface area contributed by atoms with E-state index in [0.29, 0.717) is 0 Å². The van der Waals surface area contributed by atoms with Gasteiger partial charge in [0.2, 0.25) is 0 Å². The summed E-state index contributed by atoms with van der Waals surface area (Å²) in [5.41, 5.74) is -0.0634. The molecule has 1 atom stereocenters. The monoisotopic (exact) mass is 326 g/mol. The number of unbranched alkanes of at least 4 members (excludes halogenated alkanes) is 1. The van der Waals surface area contributed by atoms with E-state index in [4.69, 9.17) is 8.85 Å². The quantitative estimate of drug-likeness (QED) is 0.224. The van der Waals surface area contributed by atoms with Crippen LogP contribution in [-0.2, 0) is 8.85 Å². The molecule has 22 heavy (non-hydrogen) atoms. The average Bonchev–Trinajstić information content (AvgIpc) is 2.51. The number of allylic oxidation sites excluding steroid dienone is 2. The largest absolute Gasteiger partial charge is 0.397 e. The van der Waals surface area contributed by atoms with Gasteiger partial charge in [-0.3, -0.25) is 0 Å². The second kappa shape index (κ2) is 14.2. The first kappa shape index (κ1) is 21.6. The molecule has 0 aromatic rings. The number of rotatable bonds is 14. The van der Waals surface area contributed by atoms with Gasteiger partial charge in [-0.25, -0.2) is 0 Å². The normalized spacial score (nSPS) is 16.4. The lowest BCUT2D eigenvalue weighted by atomic mass is 9.90. The van der Waals surface area contributed by atoms with Crippen LogP contribution in [-0.4, -0.2) is 21.5 Å². The van der Waals surface area contributed by atoms with Gasteiger partial charge >= 0.3 is 9.28 Å². The van der Waals surface area contributed by atoms with Gasteiger partial charge in [-0.05, 0) is 45.6 Å². The highest BCUT2D eigenvalue weighted by Gasteiger charge is 2.31. The van der Waals surface area contributed by atoms with E-state index in [1.165, 1.54) is 6.42 Å². The Labute approximate surface area is 140 Å². The van der Waals surface area contributed by atoms with Crippen LogP contribution >= 0.6 is 0 Å². The molecule has 0 heterocycles. The molecule has 0 fully saturated rings. The zero-order chi connectivity index (χ0) is 16.7. The zero-order valence-corrected chi connectivity index (χ0v) is 16.7. The average molecular weight is 327 g/mol. The van der Waals surface area contributed by atoms with Crippen molar-refractivity contribution >= 4 is 9.28 Å². The summed E-state index contributed by atoms with van der Waals surface area (Å²) in [7, 11) is -1.58. The van der Waals surface area contributed by atoms with Crippen molar-refractivity contribution < 1.29 is 8.85 Å². The van der Waals surface area contributed by atoms with E-state index >= 15 is 0 Å². The number of hydrogen-bond acceptors (Lipinski definition) is 2. The zero-order valence-electron chi connectivity index (χ0n) is 15.6. The van der Waals surface area contributed by atoms with E-state index in [9.17, 15) is 0 Å². The Morgan fingerprint density at radius 2 is 1.55 bits per heavy atom. The van der Waals surface area contributed by atoms with Crippen LogP contribution < -0.4 is 0 Å². The molecule has 0 rings (SSSR count). The maximum Gasteiger partial charge on any atom is 0.321 e. The summed E-state index contributed by atoms with van der Waals surface area (Å²) in [6, 6.07) is 1.11. The molecule has 2 nitrogen and oxygen atoms in total. The fourth-order valence-corrected chi connectivity index (χ4v) is 4.73. The summed E-state index contributed by atoms with van der Waals surface area (Å²) >= 11 is 0. The van der Waals surface area contributed by atoms with E-state index in [1.54, 1.807) is 0 Å². The van der Waals surface area contributed by atoms with Crippen molar-refractivity contribution in [2.75, 3.05) is 6.61 Å². The molecule has 130 valence electrons. The van der Waals surface area contributed by atoms with Gasteiger partial charge in [0.05, 0.1) is 5.60 Å². The highest BCUT2D eigenvalue weighted by Crippen LogP contribution is 2.30. The smallest absolute Gasteiger partial charge is 0.321 e. The summed E-state index contributed by atoms with van der Waals surface area (Å²) in [5.74, 6) is 0. The van der Waals surface area contributed by atoms with Gasteiger partial charge in [0.15, 0.2) is 0 Å². The van der Waals surface area contributed by atoms with Crippen molar-refractivity contribution in [3.63, 3.8) is 0 Å². The highest BCUT2D eigenvalue weighted by atomic mass is 28.3. The summed E-state index contributed by atoms with van der Waals surface area (Å²) in [4.78, 5) is 0. The Hall–Kier alpha value is -0.383. The fraction of sp³-hybridized carbons (Fsp3) is 0.789. The van der Waals surface area contributed by atoms with Crippen molar-refractivity contribution in [3.05, 3.63) is 24.3 Å². The molecule has 0 aromatic carbocycles. The minimum Gasteiger partial charge on any atom is -0.397 e. The topological polar surface area (TPSA) is 18.5 Å². The van der Waals surface area contributed by atoms with Crippen LogP contribution in [0.15, 0.2) is 24.3 Å². The van der Waals surface area contributed by atoms with Crippen LogP contribution in [0.2, 0.25) is 6.04 Å². The Morgan fingerprint density at radius 3 is 2.00 bits per heavy atom. The van der Waals surface area contributed by atoms with Crippen LogP contribution in [0, 0.1) is 0 Å². The molecule has 0 radical (unpaired) electrons. The molecule has 1 unspecified atom stereocenters. The lowest BCUT2D eigenvalue weighted by molar-refractivity contribution is 0.0296. The highest BCUT2D eigenvalue weighted by molar-refractivity contribution is 6.44. The molecule has 0 aliphatic heterocycles. The summed E-state index contributed by atoms with van der Waals surface area (Å²) < 4.78 is 12.8. The molecule has 0 aliphatic carbocycles. The van der Waals surface area contributed by atoms with E-state index in [2.05, 4.69) is 58.9 Å². The second-order valence-corrected chi connectivity index (χ2v) is 8.05. The third-order valence-electron chi connectivity index (χ3n) is 3.86. The van der Waals surface area contributed by atoms with Crippen molar-refractivity contribution in [1.82, 2.24) is 0 Å². The number of hydrogen-bond donors (Lipinski definition) is 0. The fourth-order valence-electron chi connectivity index (χ4n) is 2.61. The Morgan fingerprint density at radius 1 is 0.909 bits per heavy atom. The SMILES string of the molecule is CC=CCC(CC=CC)(CCC)O[SiH](CCC)OCCCC. The summed E-state index contributed by atoms with van der Waals surface area (Å²) in [5, 5.41) is 0. The third-order valence-corrected chi connectivity index (χ3v) is 6.28. The van der Waals surface area contributed by atoms with E-state index in [1.807, 2.05) is 0 Å². The summed E-state index contributed by atoms with van der Waals surface area (Å²) in [6.45, 7) is 11.7. The first-order valence-corrected chi connectivity index (χ1v) is 11.0. The van der Waals surface area contributed by atoms with Gasteiger partial charge in [0, 0.05) is 6.61 Å². The predicted octanol–water partition coefficient (Wildman–Crippen LogP) is 5.92. The maximum absolute atomic E-state index is 6.68. The van der Waals surface area contributed by atoms with Crippen LogP contribution in [0.3, 0.4) is 0 Å². The van der Waals surface area contributed by atoms with Gasteiger partial charge < -0.3 is 8.85 Å². The van der Waals surface area contributed by atoms with E-state index < -0.39 is 9.28 Å². The minimum atomic E-state index is -1.58. The summed E-state index contributed by atoms with van der Waals surface area (Å²) in [6.07, 6.45) is 16.5. The predicted molar refractivity (Wildman–Crippen MR) is 101 cm³/mol.